The number of rotatable bonds is 3. The summed E-state index contributed by atoms with van der Waals surface area (Å²) in [5, 5.41) is 7.32. The minimum absolute atomic E-state index is 0.0277. The number of hydrogen-bond donors (Lipinski definition) is 2. The summed E-state index contributed by atoms with van der Waals surface area (Å²) in [7, 11) is 0. The molecule has 1 heterocycles. The zero-order valence-electron chi connectivity index (χ0n) is 12.5. The number of nitrogen functional groups attached to an aromatic ring is 1. The van der Waals surface area contributed by atoms with Crippen LogP contribution in [0.25, 0.3) is 0 Å². The number of amides is 1. The van der Waals surface area contributed by atoms with Crippen LogP contribution in [0.1, 0.15) is 40.0 Å². The van der Waals surface area contributed by atoms with Gasteiger partial charge in [-0.3, -0.25) is 9.48 Å². The molecule has 5 heteroatoms. The van der Waals surface area contributed by atoms with E-state index < -0.39 is 0 Å². The second-order valence-corrected chi connectivity index (χ2v) is 7.35. The maximum atomic E-state index is 12.3. The Morgan fingerprint density at radius 2 is 2.30 bits per heavy atom. The van der Waals surface area contributed by atoms with Crippen LogP contribution >= 0.6 is 0 Å². The quantitative estimate of drug-likeness (QED) is 0.884. The summed E-state index contributed by atoms with van der Waals surface area (Å²) >= 11 is 0. The van der Waals surface area contributed by atoms with Gasteiger partial charge in [0.15, 0.2) is 0 Å². The first-order chi connectivity index (χ1) is 9.31. The van der Waals surface area contributed by atoms with Crippen molar-refractivity contribution in [3.8, 4) is 0 Å². The molecular weight excluding hydrogens is 252 g/mol. The van der Waals surface area contributed by atoms with Crippen molar-refractivity contribution in [1.82, 2.24) is 15.1 Å². The lowest BCUT2D eigenvalue weighted by Crippen LogP contribution is -2.53. The molecule has 0 aliphatic heterocycles. The zero-order chi connectivity index (χ0) is 14.5. The molecule has 2 aliphatic rings. The smallest absolute Gasteiger partial charge is 0.241 e. The zero-order valence-corrected chi connectivity index (χ0v) is 12.5. The third-order valence-corrected chi connectivity index (χ3v) is 5.54. The molecule has 110 valence electrons. The fourth-order valence-corrected chi connectivity index (χ4v) is 4.48. The average Bonchev–Trinajstić information content (AvgIpc) is 2.97. The number of nitrogens with zero attached hydrogens (tertiary/aromatic N) is 2. The maximum Gasteiger partial charge on any atom is 0.241 e. The first-order valence-corrected chi connectivity index (χ1v) is 7.39. The molecule has 1 aromatic rings. The highest BCUT2D eigenvalue weighted by molar-refractivity contribution is 5.76. The van der Waals surface area contributed by atoms with E-state index in [0.29, 0.717) is 5.82 Å². The summed E-state index contributed by atoms with van der Waals surface area (Å²) in [6.45, 7) is 7.14. The average molecular weight is 276 g/mol. The molecule has 3 N–H and O–H groups in total. The largest absolute Gasteiger partial charge is 0.382 e. The summed E-state index contributed by atoms with van der Waals surface area (Å²) in [5.74, 6) is 1.21. The van der Waals surface area contributed by atoms with E-state index in [1.54, 1.807) is 16.9 Å². The van der Waals surface area contributed by atoms with Crippen molar-refractivity contribution in [3.05, 3.63) is 12.3 Å². The molecule has 0 saturated heterocycles. The predicted octanol–water partition coefficient (Wildman–Crippen LogP) is 1.80. The molecule has 2 saturated carbocycles. The van der Waals surface area contributed by atoms with Crippen LogP contribution in [0.4, 0.5) is 5.82 Å². The molecular formula is C15H24N4O. The minimum atomic E-state index is 0.0277. The number of nitrogens with two attached hydrogens (primary N) is 1. The number of nitrogens with one attached hydrogen (secondary N) is 1. The van der Waals surface area contributed by atoms with E-state index in [2.05, 4.69) is 31.2 Å². The van der Waals surface area contributed by atoms with Gasteiger partial charge in [0.1, 0.15) is 12.4 Å². The fraction of sp³-hybridized carbons (Fsp3) is 0.733. The highest BCUT2D eigenvalue weighted by atomic mass is 16.2. The van der Waals surface area contributed by atoms with E-state index in [4.69, 9.17) is 5.73 Å². The lowest BCUT2D eigenvalue weighted by molar-refractivity contribution is -0.124. The number of aromatic nitrogens is 2. The summed E-state index contributed by atoms with van der Waals surface area (Å²) in [4.78, 5) is 12.3. The standard InChI is InChI=1S/C15H24N4O/c1-14(2)10-4-6-15(3,8-10)13(14)17-12(20)9-19-7-5-11(16)18-19/h5,7,10,13H,4,6,8-9H2,1-3H3,(H2,16,18)(H,17,20). The van der Waals surface area contributed by atoms with Crippen LogP contribution in [0.15, 0.2) is 12.3 Å². The summed E-state index contributed by atoms with van der Waals surface area (Å²) in [6, 6.07) is 1.96. The monoisotopic (exact) mass is 276 g/mol. The van der Waals surface area contributed by atoms with Gasteiger partial charge in [0.05, 0.1) is 0 Å². The van der Waals surface area contributed by atoms with Gasteiger partial charge < -0.3 is 11.1 Å². The molecule has 0 radical (unpaired) electrons. The van der Waals surface area contributed by atoms with E-state index in [0.717, 1.165) is 5.92 Å². The van der Waals surface area contributed by atoms with Crippen molar-refractivity contribution < 1.29 is 4.79 Å². The van der Waals surface area contributed by atoms with Gasteiger partial charge >= 0.3 is 0 Å². The maximum absolute atomic E-state index is 12.3. The van der Waals surface area contributed by atoms with Gasteiger partial charge in [-0.1, -0.05) is 20.8 Å². The Morgan fingerprint density at radius 3 is 2.85 bits per heavy atom. The SMILES string of the molecule is CC12CCC(C1)C(C)(C)C2NC(=O)Cn1ccc(N)n1. The third kappa shape index (κ3) is 2.00. The molecule has 20 heavy (non-hydrogen) atoms. The molecule has 3 rings (SSSR count). The number of anilines is 1. The van der Waals surface area contributed by atoms with Crippen LogP contribution < -0.4 is 11.1 Å². The van der Waals surface area contributed by atoms with Gasteiger partial charge in [-0.05, 0) is 42.1 Å². The minimum Gasteiger partial charge on any atom is -0.382 e. The van der Waals surface area contributed by atoms with E-state index >= 15 is 0 Å². The lowest BCUT2D eigenvalue weighted by Gasteiger charge is -2.43. The molecule has 2 aliphatic carbocycles. The van der Waals surface area contributed by atoms with E-state index in [9.17, 15) is 4.79 Å². The van der Waals surface area contributed by atoms with Crippen LogP contribution in [-0.2, 0) is 11.3 Å². The van der Waals surface area contributed by atoms with E-state index in [1.807, 2.05) is 0 Å². The Kier molecular flexibility index (Phi) is 2.85. The second kappa shape index (κ2) is 4.24. The Morgan fingerprint density at radius 1 is 1.55 bits per heavy atom. The van der Waals surface area contributed by atoms with Crippen molar-refractivity contribution in [2.45, 2.75) is 52.6 Å². The molecule has 0 aromatic carbocycles. The molecule has 0 spiro atoms. The van der Waals surface area contributed by atoms with Crippen LogP contribution in [0.5, 0.6) is 0 Å². The number of carbonyl (C=O) groups is 1. The summed E-state index contributed by atoms with van der Waals surface area (Å²) < 4.78 is 1.59. The van der Waals surface area contributed by atoms with Gasteiger partial charge in [-0.15, -0.1) is 0 Å². The first kappa shape index (κ1) is 13.5. The molecule has 3 unspecified atom stereocenters. The lowest BCUT2D eigenvalue weighted by atomic mass is 9.68. The normalized spacial score (nSPS) is 34.4. The summed E-state index contributed by atoms with van der Waals surface area (Å²) in [6.07, 6.45) is 5.49. The van der Waals surface area contributed by atoms with Gasteiger partial charge in [-0.25, -0.2) is 0 Å². The van der Waals surface area contributed by atoms with Crippen LogP contribution in [0.2, 0.25) is 0 Å². The van der Waals surface area contributed by atoms with E-state index in [-0.39, 0.29) is 29.3 Å². The number of fused-ring (bicyclic) bond motifs is 2. The first-order valence-electron chi connectivity index (χ1n) is 7.39. The van der Waals surface area contributed by atoms with Gasteiger partial charge in [-0.2, -0.15) is 5.10 Å². The van der Waals surface area contributed by atoms with Gasteiger partial charge in [0.25, 0.3) is 0 Å². The van der Waals surface area contributed by atoms with Crippen LogP contribution in [0.3, 0.4) is 0 Å². The van der Waals surface area contributed by atoms with Crippen LogP contribution in [0, 0.1) is 16.7 Å². The van der Waals surface area contributed by atoms with Gasteiger partial charge in [0, 0.05) is 12.2 Å². The molecule has 3 atom stereocenters. The Labute approximate surface area is 119 Å². The number of carbonyl (C=O) groups excluding carboxylic acids is 1. The molecule has 5 nitrogen and oxygen atoms in total. The molecule has 2 fully saturated rings. The molecule has 2 bridgehead atoms. The van der Waals surface area contributed by atoms with Gasteiger partial charge in [0.2, 0.25) is 5.91 Å². The van der Waals surface area contributed by atoms with Crippen molar-refractivity contribution >= 4 is 11.7 Å². The van der Waals surface area contributed by atoms with E-state index in [1.165, 1.54) is 19.3 Å². The Balaban J connectivity index is 1.69. The third-order valence-electron chi connectivity index (χ3n) is 5.54. The predicted molar refractivity (Wildman–Crippen MR) is 77.8 cm³/mol. The van der Waals surface area contributed by atoms with Crippen molar-refractivity contribution in [2.75, 3.05) is 5.73 Å². The fourth-order valence-electron chi connectivity index (χ4n) is 4.48. The Hall–Kier alpha value is -1.52. The van der Waals surface area contributed by atoms with Crippen molar-refractivity contribution in [1.29, 1.82) is 0 Å². The Bertz CT molecular complexity index is 531. The highest BCUT2D eigenvalue weighted by Crippen LogP contribution is 2.62. The number of hydrogen-bond acceptors (Lipinski definition) is 3. The van der Waals surface area contributed by atoms with Crippen molar-refractivity contribution in [3.63, 3.8) is 0 Å². The molecule has 1 aromatic heterocycles. The van der Waals surface area contributed by atoms with Crippen LogP contribution in [-0.4, -0.2) is 21.7 Å². The molecule has 1 amide bonds. The summed E-state index contributed by atoms with van der Waals surface area (Å²) in [5.41, 5.74) is 6.01. The van der Waals surface area contributed by atoms with Crippen molar-refractivity contribution in [2.24, 2.45) is 16.7 Å². The second-order valence-electron chi connectivity index (χ2n) is 7.35. The highest BCUT2D eigenvalue weighted by Gasteiger charge is 2.59. The topological polar surface area (TPSA) is 72.9 Å².